The van der Waals surface area contributed by atoms with Crippen LogP contribution in [0.25, 0.3) is 0 Å². The van der Waals surface area contributed by atoms with E-state index in [4.69, 9.17) is 10.2 Å². The number of carbonyl (C=O) groups is 1. The monoisotopic (exact) mass is 224 g/mol. The third kappa shape index (κ3) is 4.94. The molecule has 16 heavy (non-hydrogen) atoms. The molecule has 0 atom stereocenters. The fraction of sp³-hybridized carbons (Fsp3) is 0.462. The van der Waals surface area contributed by atoms with Crippen LogP contribution in [0.15, 0.2) is 24.3 Å². The van der Waals surface area contributed by atoms with Crippen LogP contribution in [0.1, 0.15) is 42.1 Å². The number of aryl methyl sites for hydroxylation is 1. The van der Waals surface area contributed by atoms with Gasteiger partial charge in [0.15, 0.2) is 0 Å². The quantitative estimate of drug-likeness (QED) is 0.756. The number of unbranched alkanes of at least 4 members (excludes halogenated alkanes) is 2. The van der Waals surface area contributed by atoms with Gasteiger partial charge in [0.25, 0.3) is 0 Å². The van der Waals surface area contributed by atoms with E-state index >= 15 is 0 Å². The summed E-state index contributed by atoms with van der Waals surface area (Å²) in [6.07, 6.45) is 4.26. The zero-order valence-corrected chi connectivity index (χ0v) is 9.94. The second-order valence-corrected chi connectivity index (χ2v) is 3.42. The Morgan fingerprint density at radius 3 is 2.38 bits per heavy atom. The molecule has 0 amide bonds. The highest BCUT2D eigenvalue weighted by Gasteiger charge is 2.07. The van der Waals surface area contributed by atoms with E-state index in [1.54, 1.807) is 12.1 Å². The molecule has 0 fully saturated rings. The second kappa shape index (κ2) is 8.92. The van der Waals surface area contributed by atoms with Crippen LogP contribution in [0.2, 0.25) is 0 Å². The summed E-state index contributed by atoms with van der Waals surface area (Å²) in [5, 5.41) is 15.9. The van der Waals surface area contributed by atoms with Crippen molar-refractivity contribution in [3.05, 3.63) is 35.4 Å². The Labute approximate surface area is 96.7 Å². The molecule has 0 bridgehead atoms. The van der Waals surface area contributed by atoms with E-state index < -0.39 is 5.97 Å². The van der Waals surface area contributed by atoms with E-state index in [9.17, 15) is 4.79 Å². The number of hydrogen-bond acceptors (Lipinski definition) is 2. The Balaban J connectivity index is 0.00000106. The largest absolute Gasteiger partial charge is 0.478 e. The maximum absolute atomic E-state index is 10.9. The van der Waals surface area contributed by atoms with Crippen molar-refractivity contribution in [3.63, 3.8) is 0 Å². The first-order valence-corrected chi connectivity index (χ1v) is 5.51. The smallest absolute Gasteiger partial charge is 0.335 e. The van der Waals surface area contributed by atoms with Gasteiger partial charge < -0.3 is 10.2 Å². The molecule has 0 aliphatic rings. The Hall–Kier alpha value is -1.35. The van der Waals surface area contributed by atoms with Gasteiger partial charge in [0.05, 0.1) is 5.56 Å². The summed E-state index contributed by atoms with van der Waals surface area (Å²) in [4.78, 5) is 10.9. The van der Waals surface area contributed by atoms with E-state index in [2.05, 4.69) is 6.92 Å². The molecule has 1 rings (SSSR count). The van der Waals surface area contributed by atoms with E-state index in [0.717, 1.165) is 38.4 Å². The van der Waals surface area contributed by atoms with Crippen molar-refractivity contribution >= 4 is 5.97 Å². The number of aromatic carboxylic acids is 1. The number of carboxylic acids is 1. The fourth-order valence-electron chi connectivity index (χ4n) is 1.51. The first-order valence-electron chi connectivity index (χ1n) is 5.51. The van der Waals surface area contributed by atoms with Crippen LogP contribution in [-0.4, -0.2) is 23.3 Å². The van der Waals surface area contributed by atoms with Crippen LogP contribution in [0, 0.1) is 0 Å². The Kier molecular flexibility index (Phi) is 8.17. The minimum Gasteiger partial charge on any atom is -0.478 e. The van der Waals surface area contributed by atoms with Crippen molar-refractivity contribution in [2.45, 2.75) is 32.6 Å². The van der Waals surface area contributed by atoms with Crippen molar-refractivity contribution in [1.82, 2.24) is 0 Å². The van der Waals surface area contributed by atoms with Crippen LogP contribution in [0.3, 0.4) is 0 Å². The molecule has 0 saturated carbocycles. The SMILES string of the molecule is CCCCCc1ccccc1C(=O)O.CO. The highest BCUT2D eigenvalue weighted by molar-refractivity contribution is 5.89. The van der Waals surface area contributed by atoms with Crippen molar-refractivity contribution in [2.24, 2.45) is 0 Å². The Morgan fingerprint density at radius 1 is 1.19 bits per heavy atom. The molecule has 1 aromatic carbocycles. The summed E-state index contributed by atoms with van der Waals surface area (Å²) in [6, 6.07) is 7.24. The van der Waals surface area contributed by atoms with Crippen LogP contribution in [0.5, 0.6) is 0 Å². The van der Waals surface area contributed by atoms with E-state index in [1.807, 2.05) is 12.1 Å². The van der Waals surface area contributed by atoms with Gasteiger partial charge in [-0.15, -0.1) is 0 Å². The summed E-state index contributed by atoms with van der Waals surface area (Å²) >= 11 is 0. The normalized spacial score (nSPS) is 9.19. The predicted octanol–water partition coefficient (Wildman–Crippen LogP) is 2.73. The third-order valence-corrected chi connectivity index (χ3v) is 2.30. The Bertz CT molecular complexity index is 308. The van der Waals surface area contributed by atoms with Crippen molar-refractivity contribution in [3.8, 4) is 0 Å². The third-order valence-electron chi connectivity index (χ3n) is 2.30. The van der Waals surface area contributed by atoms with Gasteiger partial charge in [-0.05, 0) is 24.5 Å². The van der Waals surface area contributed by atoms with Gasteiger partial charge in [-0.25, -0.2) is 4.79 Å². The molecule has 3 heteroatoms. The van der Waals surface area contributed by atoms with Gasteiger partial charge in [-0.3, -0.25) is 0 Å². The van der Waals surface area contributed by atoms with Gasteiger partial charge >= 0.3 is 5.97 Å². The standard InChI is InChI=1S/C12H16O2.CH4O/c1-2-3-4-7-10-8-5-6-9-11(10)12(13)14;1-2/h5-6,8-9H,2-4,7H2,1H3,(H,13,14);2H,1H3. The lowest BCUT2D eigenvalue weighted by Gasteiger charge is -2.04. The van der Waals surface area contributed by atoms with Gasteiger partial charge in [0, 0.05) is 7.11 Å². The molecule has 2 N–H and O–H groups in total. The fourth-order valence-corrected chi connectivity index (χ4v) is 1.51. The number of hydrogen-bond donors (Lipinski definition) is 2. The first kappa shape index (κ1) is 14.6. The molecule has 0 aromatic heterocycles. The number of benzene rings is 1. The maximum atomic E-state index is 10.9. The number of aliphatic hydroxyl groups excluding tert-OH is 1. The highest BCUT2D eigenvalue weighted by Crippen LogP contribution is 2.12. The summed E-state index contributed by atoms with van der Waals surface area (Å²) in [7, 11) is 1.00. The van der Waals surface area contributed by atoms with Crippen molar-refractivity contribution in [1.29, 1.82) is 0 Å². The molecule has 0 radical (unpaired) electrons. The summed E-state index contributed by atoms with van der Waals surface area (Å²) in [6.45, 7) is 2.14. The number of carboxylic acid groups (broad SMARTS) is 1. The molecular weight excluding hydrogens is 204 g/mol. The minimum atomic E-state index is -0.822. The summed E-state index contributed by atoms with van der Waals surface area (Å²) in [5.41, 5.74) is 1.40. The average Bonchev–Trinajstić information content (AvgIpc) is 2.32. The lowest BCUT2D eigenvalue weighted by atomic mass is 10.0. The molecule has 0 aliphatic carbocycles. The van der Waals surface area contributed by atoms with Gasteiger partial charge in [0.2, 0.25) is 0 Å². The topological polar surface area (TPSA) is 57.5 Å². The van der Waals surface area contributed by atoms with Crippen LogP contribution in [0.4, 0.5) is 0 Å². The molecule has 0 spiro atoms. The minimum absolute atomic E-state index is 0.448. The van der Waals surface area contributed by atoms with Gasteiger partial charge in [0.1, 0.15) is 0 Å². The van der Waals surface area contributed by atoms with Crippen molar-refractivity contribution in [2.75, 3.05) is 7.11 Å². The van der Waals surface area contributed by atoms with E-state index in [0.29, 0.717) is 5.56 Å². The lowest BCUT2D eigenvalue weighted by Crippen LogP contribution is -2.01. The van der Waals surface area contributed by atoms with Crippen molar-refractivity contribution < 1.29 is 15.0 Å². The van der Waals surface area contributed by atoms with Crippen LogP contribution in [-0.2, 0) is 6.42 Å². The Morgan fingerprint density at radius 2 is 1.81 bits per heavy atom. The molecule has 0 heterocycles. The number of rotatable bonds is 5. The molecule has 3 nitrogen and oxygen atoms in total. The zero-order valence-electron chi connectivity index (χ0n) is 9.94. The maximum Gasteiger partial charge on any atom is 0.335 e. The molecule has 0 saturated heterocycles. The average molecular weight is 224 g/mol. The van der Waals surface area contributed by atoms with E-state index in [1.165, 1.54) is 0 Å². The molecule has 0 aliphatic heterocycles. The molecular formula is C13H20O3. The molecule has 1 aromatic rings. The molecule has 90 valence electrons. The van der Waals surface area contributed by atoms with Crippen LogP contribution < -0.4 is 0 Å². The van der Waals surface area contributed by atoms with Gasteiger partial charge in [-0.2, -0.15) is 0 Å². The predicted molar refractivity (Wildman–Crippen MR) is 64.8 cm³/mol. The van der Waals surface area contributed by atoms with Gasteiger partial charge in [-0.1, -0.05) is 38.0 Å². The second-order valence-electron chi connectivity index (χ2n) is 3.42. The van der Waals surface area contributed by atoms with E-state index in [-0.39, 0.29) is 0 Å². The summed E-state index contributed by atoms with van der Waals surface area (Å²) in [5.74, 6) is -0.822. The zero-order chi connectivity index (χ0) is 12.4. The number of aliphatic hydroxyl groups is 1. The first-order chi connectivity index (χ1) is 7.75. The van der Waals surface area contributed by atoms with Crippen LogP contribution >= 0.6 is 0 Å². The highest BCUT2D eigenvalue weighted by atomic mass is 16.4. The molecule has 0 unspecified atom stereocenters. The lowest BCUT2D eigenvalue weighted by molar-refractivity contribution is 0.0695. The summed E-state index contributed by atoms with van der Waals surface area (Å²) < 4.78 is 0.